The molecule has 0 aliphatic rings. The zero-order valence-corrected chi connectivity index (χ0v) is 10.1. The number of rotatable bonds is 6. The van der Waals surface area contributed by atoms with E-state index in [4.69, 9.17) is 9.84 Å². The Morgan fingerprint density at radius 2 is 2.06 bits per heavy atom. The number of ether oxygens (including phenoxy) is 1. The molecule has 5 heteroatoms. The number of nitrogens with one attached hydrogen (secondary N) is 2. The summed E-state index contributed by atoms with van der Waals surface area (Å²) in [6.07, 6.45) is 0. The summed E-state index contributed by atoms with van der Waals surface area (Å²) in [5.41, 5.74) is 0.716. The van der Waals surface area contributed by atoms with Gasteiger partial charge in [-0.05, 0) is 31.2 Å². The molecule has 1 amide bonds. The first-order valence-corrected chi connectivity index (χ1v) is 5.46. The molecule has 0 bridgehead atoms. The normalized spacial score (nSPS) is 11.9. The predicted molar refractivity (Wildman–Crippen MR) is 66.2 cm³/mol. The molecule has 0 radical (unpaired) electrons. The summed E-state index contributed by atoms with van der Waals surface area (Å²) in [6, 6.07) is 6.76. The van der Waals surface area contributed by atoms with Crippen molar-refractivity contribution in [3.8, 4) is 5.75 Å². The summed E-state index contributed by atoms with van der Waals surface area (Å²) < 4.78 is 5.02. The van der Waals surface area contributed by atoms with Crippen molar-refractivity contribution in [2.45, 2.75) is 13.0 Å². The zero-order valence-electron chi connectivity index (χ0n) is 10.1. The molecule has 0 saturated carbocycles. The average Bonchev–Trinajstić information content (AvgIpc) is 2.36. The molecule has 0 heterocycles. The number of aliphatic hydroxyl groups excluding tert-OH is 1. The van der Waals surface area contributed by atoms with Crippen molar-refractivity contribution in [1.29, 1.82) is 0 Å². The number of aliphatic hydroxyl groups is 1. The van der Waals surface area contributed by atoms with Gasteiger partial charge in [0.2, 0.25) is 5.91 Å². The fourth-order valence-corrected chi connectivity index (χ4v) is 1.30. The Labute approximate surface area is 101 Å². The smallest absolute Gasteiger partial charge is 0.241 e. The molecule has 3 N–H and O–H groups in total. The molecular weight excluding hydrogens is 220 g/mol. The van der Waals surface area contributed by atoms with E-state index in [0.29, 0.717) is 12.2 Å². The minimum atomic E-state index is -0.343. The van der Waals surface area contributed by atoms with Crippen LogP contribution in [0, 0.1) is 0 Å². The molecular formula is C12H18N2O3. The van der Waals surface area contributed by atoms with Gasteiger partial charge < -0.3 is 20.5 Å². The van der Waals surface area contributed by atoms with Crippen LogP contribution in [-0.2, 0) is 4.79 Å². The van der Waals surface area contributed by atoms with E-state index in [0.717, 1.165) is 5.75 Å². The SMILES string of the molecule is COc1ccc(NC(=O)C(C)NCCO)cc1. The second kappa shape index (κ2) is 6.88. The minimum Gasteiger partial charge on any atom is -0.497 e. The van der Waals surface area contributed by atoms with Gasteiger partial charge in [-0.1, -0.05) is 0 Å². The maximum Gasteiger partial charge on any atom is 0.241 e. The van der Waals surface area contributed by atoms with Crippen molar-refractivity contribution in [2.75, 3.05) is 25.6 Å². The molecule has 94 valence electrons. The lowest BCUT2D eigenvalue weighted by molar-refractivity contribution is -0.117. The fourth-order valence-electron chi connectivity index (χ4n) is 1.30. The van der Waals surface area contributed by atoms with Gasteiger partial charge >= 0.3 is 0 Å². The van der Waals surface area contributed by atoms with Gasteiger partial charge in [-0.3, -0.25) is 4.79 Å². The van der Waals surface area contributed by atoms with Crippen LogP contribution in [0.3, 0.4) is 0 Å². The maximum absolute atomic E-state index is 11.7. The lowest BCUT2D eigenvalue weighted by atomic mass is 10.2. The average molecular weight is 238 g/mol. The minimum absolute atomic E-state index is 0.0140. The van der Waals surface area contributed by atoms with Gasteiger partial charge in [0.05, 0.1) is 19.8 Å². The molecule has 1 aromatic rings. The molecule has 1 unspecified atom stereocenters. The molecule has 0 saturated heterocycles. The molecule has 1 atom stereocenters. The summed E-state index contributed by atoms with van der Waals surface area (Å²) >= 11 is 0. The molecule has 1 aromatic carbocycles. The van der Waals surface area contributed by atoms with Gasteiger partial charge in [0.15, 0.2) is 0 Å². The first kappa shape index (κ1) is 13.5. The van der Waals surface area contributed by atoms with E-state index in [1.165, 1.54) is 0 Å². The third-order valence-electron chi connectivity index (χ3n) is 2.31. The van der Waals surface area contributed by atoms with Crippen molar-refractivity contribution >= 4 is 11.6 Å². The van der Waals surface area contributed by atoms with Crippen LogP contribution >= 0.6 is 0 Å². The third kappa shape index (κ3) is 4.42. The van der Waals surface area contributed by atoms with Crippen molar-refractivity contribution in [2.24, 2.45) is 0 Å². The number of hydrogen-bond acceptors (Lipinski definition) is 4. The van der Waals surface area contributed by atoms with Gasteiger partial charge in [-0.2, -0.15) is 0 Å². The first-order chi connectivity index (χ1) is 8.17. The highest BCUT2D eigenvalue weighted by atomic mass is 16.5. The van der Waals surface area contributed by atoms with Gasteiger partial charge in [0.1, 0.15) is 5.75 Å². The quantitative estimate of drug-likeness (QED) is 0.679. The Kier molecular flexibility index (Phi) is 5.45. The zero-order chi connectivity index (χ0) is 12.7. The summed E-state index contributed by atoms with van der Waals surface area (Å²) in [7, 11) is 1.59. The van der Waals surface area contributed by atoms with E-state index in [1.54, 1.807) is 38.3 Å². The van der Waals surface area contributed by atoms with E-state index in [2.05, 4.69) is 10.6 Å². The summed E-state index contributed by atoms with van der Waals surface area (Å²) in [4.78, 5) is 11.7. The number of hydrogen-bond donors (Lipinski definition) is 3. The van der Waals surface area contributed by atoms with Gasteiger partial charge in [0, 0.05) is 12.2 Å². The van der Waals surface area contributed by atoms with Crippen LogP contribution in [0.1, 0.15) is 6.92 Å². The van der Waals surface area contributed by atoms with Crippen molar-refractivity contribution in [3.05, 3.63) is 24.3 Å². The van der Waals surface area contributed by atoms with Crippen molar-refractivity contribution in [3.63, 3.8) is 0 Å². The number of carbonyl (C=O) groups is 1. The Bertz CT molecular complexity index is 351. The number of methoxy groups -OCH3 is 1. The molecule has 0 aliphatic carbocycles. The van der Waals surface area contributed by atoms with E-state index in [1.807, 2.05) is 0 Å². The molecule has 0 aromatic heterocycles. The Morgan fingerprint density at radius 1 is 1.41 bits per heavy atom. The standard InChI is InChI=1S/C12H18N2O3/c1-9(13-7-8-15)12(16)14-10-3-5-11(17-2)6-4-10/h3-6,9,13,15H,7-8H2,1-2H3,(H,14,16). The Balaban J connectivity index is 2.49. The lowest BCUT2D eigenvalue weighted by Gasteiger charge is -2.13. The van der Waals surface area contributed by atoms with E-state index in [9.17, 15) is 4.79 Å². The van der Waals surface area contributed by atoms with Gasteiger partial charge in [-0.25, -0.2) is 0 Å². The van der Waals surface area contributed by atoms with Crippen molar-refractivity contribution < 1.29 is 14.6 Å². The predicted octanol–water partition coefficient (Wildman–Crippen LogP) is 0.604. The topological polar surface area (TPSA) is 70.6 Å². The highest BCUT2D eigenvalue weighted by Gasteiger charge is 2.11. The number of amides is 1. The molecule has 0 spiro atoms. The van der Waals surface area contributed by atoms with Crippen LogP contribution in [0.5, 0.6) is 5.75 Å². The second-order valence-corrected chi connectivity index (χ2v) is 3.62. The summed E-state index contributed by atoms with van der Waals surface area (Å²) in [6.45, 7) is 2.16. The van der Waals surface area contributed by atoms with E-state index in [-0.39, 0.29) is 18.6 Å². The summed E-state index contributed by atoms with van der Waals surface area (Å²) in [5, 5.41) is 14.3. The molecule has 1 rings (SSSR count). The van der Waals surface area contributed by atoms with E-state index >= 15 is 0 Å². The van der Waals surface area contributed by atoms with Crippen molar-refractivity contribution in [1.82, 2.24) is 5.32 Å². The van der Waals surface area contributed by atoms with E-state index < -0.39 is 0 Å². The lowest BCUT2D eigenvalue weighted by Crippen LogP contribution is -2.39. The second-order valence-electron chi connectivity index (χ2n) is 3.62. The number of benzene rings is 1. The maximum atomic E-state index is 11.7. The van der Waals surface area contributed by atoms with Gasteiger partial charge in [-0.15, -0.1) is 0 Å². The third-order valence-corrected chi connectivity index (χ3v) is 2.31. The summed E-state index contributed by atoms with van der Waals surface area (Å²) in [5.74, 6) is 0.609. The molecule has 0 fully saturated rings. The monoisotopic (exact) mass is 238 g/mol. The largest absolute Gasteiger partial charge is 0.497 e. The van der Waals surface area contributed by atoms with Gasteiger partial charge in [0.25, 0.3) is 0 Å². The highest BCUT2D eigenvalue weighted by Crippen LogP contribution is 2.14. The van der Waals surface area contributed by atoms with Crippen LogP contribution in [0.15, 0.2) is 24.3 Å². The Hall–Kier alpha value is -1.59. The fraction of sp³-hybridized carbons (Fsp3) is 0.417. The van der Waals surface area contributed by atoms with Crippen LogP contribution in [0.4, 0.5) is 5.69 Å². The number of carbonyl (C=O) groups excluding carboxylic acids is 1. The van der Waals surface area contributed by atoms with Crippen LogP contribution in [0.2, 0.25) is 0 Å². The molecule has 0 aliphatic heterocycles. The first-order valence-electron chi connectivity index (χ1n) is 5.46. The molecule has 17 heavy (non-hydrogen) atoms. The Morgan fingerprint density at radius 3 is 2.59 bits per heavy atom. The van der Waals surface area contributed by atoms with Crippen LogP contribution in [-0.4, -0.2) is 37.3 Å². The highest BCUT2D eigenvalue weighted by molar-refractivity contribution is 5.94. The van der Waals surface area contributed by atoms with Crippen LogP contribution in [0.25, 0.3) is 0 Å². The molecule has 5 nitrogen and oxygen atoms in total. The number of anilines is 1. The van der Waals surface area contributed by atoms with Crippen LogP contribution < -0.4 is 15.4 Å².